The lowest BCUT2D eigenvalue weighted by atomic mass is 9.84. The Labute approximate surface area is 144 Å². The fraction of sp³-hybridized carbons (Fsp3) is 0.278. The van der Waals surface area contributed by atoms with Crippen LogP contribution in [0.1, 0.15) is 28.8 Å². The molecule has 1 heterocycles. The zero-order valence-corrected chi connectivity index (χ0v) is 13.7. The van der Waals surface area contributed by atoms with Crippen LogP contribution in [0.25, 0.3) is 0 Å². The van der Waals surface area contributed by atoms with E-state index >= 15 is 0 Å². The summed E-state index contributed by atoms with van der Waals surface area (Å²) >= 11 is 5.88. The Morgan fingerprint density at radius 1 is 1.04 bits per heavy atom. The second-order valence-corrected chi connectivity index (χ2v) is 6.47. The maximum absolute atomic E-state index is 12.5. The second kappa shape index (κ2) is 6.34. The Morgan fingerprint density at radius 3 is 2.25 bits per heavy atom. The van der Waals surface area contributed by atoms with Crippen LogP contribution in [0.3, 0.4) is 0 Å². The van der Waals surface area contributed by atoms with Crippen molar-refractivity contribution >= 4 is 17.5 Å². The number of aliphatic hydroxyl groups is 1. The molecule has 1 aliphatic rings. The van der Waals surface area contributed by atoms with Gasteiger partial charge in [0.1, 0.15) is 11.5 Å². The summed E-state index contributed by atoms with van der Waals surface area (Å²) in [5, 5.41) is 30.6. The van der Waals surface area contributed by atoms with Crippen LogP contribution in [0.15, 0.2) is 42.5 Å². The molecule has 1 fully saturated rings. The second-order valence-electron chi connectivity index (χ2n) is 6.03. The number of hydrogen-bond acceptors (Lipinski definition) is 4. The van der Waals surface area contributed by atoms with Crippen LogP contribution in [0.5, 0.6) is 11.5 Å². The van der Waals surface area contributed by atoms with E-state index in [1.165, 1.54) is 12.1 Å². The van der Waals surface area contributed by atoms with Crippen LogP contribution < -0.4 is 0 Å². The molecule has 0 aliphatic carbocycles. The van der Waals surface area contributed by atoms with Crippen molar-refractivity contribution < 1.29 is 20.1 Å². The predicted molar refractivity (Wildman–Crippen MR) is 90.3 cm³/mol. The maximum Gasteiger partial charge on any atom is 0.257 e. The molecule has 0 atom stereocenters. The molecule has 0 aromatic heterocycles. The van der Waals surface area contributed by atoms with Crippen LogP contribution in [0.2, 0.25) is 5.02 Å². The molecule has 2 aromatic carbocycles. The van der Waals surface area contributed by atoms with Gasteiger partial charge in [0.05, 0.1) is 11.2 Å². The van der Waals surface area contributed by atoms with Gasteiger partial charge in [0.15, 0.2) is 0 Å². The standard InChI is InChI=1S/C18H18ClNO4/c19-13-3-1-12(2-4-13)18(24)7-9-20(10-8-18)17(23)15-6-5-14(21)11-16(15)22/h1-6,11,21-22,24H,7-10H2. The van der Waals surface area contributed by atoms with E-state index in [9.17, 15) is 20.1 Å². The third kappa shape index (κ3) is 3.18. The molecule has 1 aliphatic heterocycles. The highest BCUT2D eigenvalue weighted by Gasteiger charge is 2.36. The summed E-state index contributed by atoms with van der Waals surface area (Å²) in [6, 6.07) is 11.0. The highest BCUT2D eigenvalue weighted by atomic mass is 35.5. The van der Waals surface area contributed by atoms with E-state index in [1.54, 1.807) is 29.2 Å². The van der Waals surface area contributed by atoms with Crippen LogP contribution >= 0.6 is 11.6 Å². The number of benzene rings is 2. The lowest BCUT2D eigenvalue weighted by Gasteiger charge is -2.38. The first kappa shape index (κ1) is 16.6. The first-order chi connectivity index (χ1) is 11.4. The zero-order valence-electron chi connectivity index (χ0n) is 12.9. The first-order valence-electron chi connectivity index (χ1n) is 7.69. The van der Waals surface area contributed by atoms with Gasteiger partial charge in [0.2, 0.25) is 0 Å². The Bertz CT molecular complexity index is 752. The summed E-state index contributed by atoms with van der Waals surface area (Å²) in [4.78, 5) is 14.1. The van der Waals surface area contributed by atoms with E-state index in [-0.39, 0.29) is 23.0 Å². The number of phenolic OH excluding ortho intramolecular Hbond substituents is 2. The van der Waals surface area contributed by atoms with Gasteiger partial charge in [0, 0.05) is 24.2 Å². The van der Waals surface area contributed by atoms with Gasteiger partial charge in [-0.2, -0.15) is 0 Å². The van der Waals surface area contributed by atoms with Gasteiger partial charge < -0.3 is 20.2 Å². The van der Waals surface area contributed by atoms with Crippen molar-refractivity contribution in [2.24, 2.45) is 0 Å². The smallest absolute Gasteiger partial charge is 0.257 e. The molecule has 0 unspecified atom stereocenters. The van der Waals surface area contributed by atoms with Gasteiger partial charge in [-0.15, -0.1) is 0 Å². The number of likely N-dealkylation sites (tertiary alicyclic amines) is 1. The lowest BCUT2D eigenvalue weighted by molar-refractivity contribution is -0.0211. The molecule has 0 radical (unpaired) electrons. The molecule has 1 saturated heterocycles. The predicted octanol–water partition coefficient (Wildman–Crippen LogP) is 2.88. The fourth-order valence-electron chi connectivity index (χ4n) is 3.00. The molecule has 24 heavy (non-hydrogen) atoms. The first-order valence-corrected chi connectivity index (χ1v) is 8.06. The fourth-order valence-corrected chi connectivity index (χ4v) is 3.13. The molecule has 0 spiro atoms. The Morgan fingerprint density at radius 2 is 1.67 bits per heavy atom. The summed E-state index contributed by atoms with van der Waals surface area (Å²) < 4.78 is 0. The average Bonchev–Trinajstić information content (AvgIpc) is 2.55. The number of hydrogen-bond donors (Lipinski definition) is 3. The zero-order chi connectivity index (χ0) is 17.3. The van der Waals surface area contributed by atoms with Gasteiger partial charge in [-0.3, -0.25) is 4.79 Å². The van der Waals surface area contributed by atoms with Crippen molar-refractivity contribution in [2.75, 3.05) is 13.1 Å². The maximum atomic E-state index is 12.5. The van der Waals surface area contributed by atoms with E-state index in [1.807, 2.05) is 0 Å². The van der Waals surface area contributed by atoms with Crippen LogP contribution in [0, 0.1) is 0 Å². The minimum absolute atomic E-state index is 0.0974. The number of carbonyl (C=O) groups excluding carboxylic acids is 1. The van der Waals surface area contributed by atoms with E-state index < -0.39 is 5.60 Å². The molecule has 2 aromatic rings. The van der Waals surface area contributed by atoms with Crippen molar-refractivity contribution in [1.29, 1.82) is 0 Å². The molecule has 126 valence electrons. The van der Waals surface area contributed by atoms with Crippen molar-refractivity contribution in [3.8, 4) is 11.5 Å². The van der Waals surface area contributed by atoms with Crippen LogP contribution in [-0.4, -0.2) is 39.2 Å². The van der Waals surface area contributed by atoms with Crippen molar-refractivity contribution in [3.63, 3.8) is 0 Å². The normalized spacial score (nSPS) is 16.8. The number of nitrogens with zero attached hydrogens (tertiary/aromatic N) is 1. The molecule has 3 N–H and O–H groups in total. The summed E-state index contributed by atoms with van der Waals surface area (Å²) in [6.45, 7) is 0.747. The Balaban J connectivity index is 1.72. The molecule has 3 rings (SSSR count). The topological polar surface area (TPSA) is 81.0 Å². The van der Waals surface area contributed by atoms with Gasteiger partial charge in [0.25, 0.3) is 5.91 Å². The molecular weight excluding hydrogens is 330 g/mol. The van der Waals surface area contributed by atoms with Crippen molar-refractivity contribution in [3.05, 3.63) is 58.6 Å². The van der Waals surface area contributed by atoms with E-state index in [4.69, 9.17) is 11.6 Å². The molecule has 6 heteroatoms. The number of amides is 1. The highest BCUT2D eigenvalue weighted by molar-refractivity contribution is 6.30. The third-order valence-corrected chi connectivity index (χ3v) is 4.72. The van der Waals surface area contributed by atoms with Gasteiger partial charge >= 0.3 is 0 Å². The van der Waals surface area contributed by atoms with Crippen molar-refractivity contribution in [1.82, 2.24) is 4.90 Å². The number of carbonyl (C=O) groups is 1. The third-order valence-electron chi connectivity index (χ3n) is 4.47. The van der Waals surface area contributed by atoms with E-state index in [0.29, 0.717) is 31.0 Å². The molecule has 0 saturated carbocycles. The van der Waals surface area contributed by atoms with Gasteiger partial charge in [-0.05, 0) is 42.7 Å². The SMILES string of the molecule is O=C(c1ccc(O)cc1O)N1CCC(O)(c2ccc(Cl)cc2)CC1. The number of halogens is 1. The van der Waals surface area contributed by atoms with E-state index in [2.05, 4.69) is 0 Å². The van der Waals surface area contributed by atoms with Crippen molar-refractivity contribution in [2.45, 2.75) is 18.4 Å². The summed E-state index contributed by atoms with van der Waals surface area (Å²) in [7, 11) is 0. The van der Waals surface area contributed by atoms with E-state index in [0.717, 1.165) is 11.6 Å². The monoisotopic (exact) mass is 347 g/mol. The summed E-state index contributed by atoms with van der Waals surface area (Å²) in [6.07, 6.45) is 0.804. The number of aromatic hydroxyl groups is 2. The number of rotatable bonds is 2. The largest absolute Gasteiger partial charge is 0.508 e. The quantitative estimate of drug-likeness (QED) is 0.780. The van der Waals surface area contributed by atoms with Gasteiger partial charge in [-0.1, -0.05) is 23.7 Å². The highest BCUT2D eigenvalue weighted by Crippen LogP contribution is 2.34. The minimum atomic E-state index is -0.988. The van der Waals surface area contributed by atoms with Crippen LogP contribution in [0.4, 0.5) is 0 Å². The summed E-state index contributed by atoms with van der Waals surface area (Å²) in [5.74, 6) is -0.663. The number of piperidine rings is 1. The molecule has 0 bridgehead atoms. The van der Waals surface area contributed by atoms with Gasteiger partial charge in [-0.25, -0.2) is 0 Å². The molecule has 5 nitrogen and oxygen atoms in total. The van der Waals surface area contributed by atoms with Crippen LogP contribution in [-0.2, 0) is 5.60 Å². The minimum Gasteiger partial charge on any atom is -0.508 e. The lowest BCUT2D eigenvalue weighted by Crippen LogP contribution is -2.45. The molecule has 1 amide bonds. The molecular formula is C18H18ClNO4. The summed E-state index contributed by atoms with van der Waals surface area (Å²) in [5.41, 5.74) is -0.0607. The Hall–Kier alpha value is -2.24. The Kier molecular flexibility index (Phi) is 4.39. The average molecular weight is 348 g/mol. The number of phenols is 2.